The Labute approximate surface area is 272 Å². The molecule has 0 spiro atoms. The summed E-state index contributed by atoms with van der Waals surface area (Å²) in [5.74, 6) is -4.72. The van der Waals surface area contributed by atoms with Gasteiger partial charge in [-0.3, -0.25) is 9.40 Å². The number of fused-ring (bicyclic) bond motifs is 1. The Morgan fingerprint density at radius 3 is 2.40 bits per heavy atom. The van der Waals surface area contributed by atoms with Crippen molar-refractivity contribution in [1.29, 1.82) is 0 Å². The van der Waals surface area contributed by atoms with E-state index in [4.69, 9.17) is 10.5 Å². The van der Waals surface area contributed by atoms with Crippen molar-refractivity contribution in [2.24, 2.45) is 0 Å². The summed E-state index contributed by atoms with van der Waals surface area (Å²) < 4.78 is 122. The second kappa shape index (κ2) is 13.8. The Kier molecular flexibility index (Phi) is 10.1. The molecule has 0 unspecified atom stereocenters. The van der Waals surface area contributed by atoms with Gasteiger partial charge in [0.25, 0.3) is 10.0 Å². The quantitative estimate of drug-likeness (QED) is 0.117. The second-order valence-electron chi connectivity index (χ2n) is 11.8. The Morgan fingerprint density at radius 1 is 1.04 bits per heavy atom. The van der Waals surface area contributed by atoms with Gasteiger partial charge in [0.15, 0.2) is 0 Å². The highest BCUT2D eigenvalue weighted by Gasteiger charge is 2.33. The third-order valence-corrected chi connectivity index (χ3v) is 9.54. The largest absolute Gasteiger partial charge is 0.573 e. The summed E-state index contributed by atoms with van der Waals surface area (Å²) in [5.41, 5.74) is 6.53. The van der Waals surface area contributed by atoms with E-state index in [1.807, 2.05) is 13.8 Å². The van der Waals surface area contributed by atoms with Gasteiger partial charge in [0, 0.05) is 49.6 Å². The van der Waals surface area contributed by atoms with Gasteiger partial charge in [0.1, 0.15) is 39.6 Å². The molecule has 0 aliphatic heterocycles. The Hall–Kier alpha value is -4.09. The lowest BCUT2D eigenvalue weighted by molar-refractivity contribution is -0.274. The lowest BCUT2D eigenvalue weighted by Crippen LogP contribution is -2.34. The SMILES string of the molecule is COCCN[C@H]1CC[C@H](c2cnc(N)c3c(-c4cc(F)c(NS(=O)(=O)c5cc(OC(F)(F)F)ccc5F)cc4F)nn(C(C)C)c32)CC1. The maximum absolute atomic E-state index is 15.8. The van der Waals surface area contributed by atoms with Gasteiger partial charge in [-0.05, 0) is 69.2 Å². The van der Waals surface area contributed by atoms with E-state index < -0.39 is 50.2 Å². The number of hydrogen-bond acceptors (Lipinski definition) is 8. The number of alkyl halides is 3. The third kappa shape index (κ3) is 7.47. The summed E-state index contributed by atoms with van der Waals surface area (Å²) in [6, 6.07) is 2.63. The van der Waals surface area contributed by atoms with E-state index in [9.17, 15) is 26.0 Å². The number of halogens is 6. The van der Waals surface area contributed by atoms with Gasteiger partial charge in [0.2, 0.25) is 0 Å². The summed E-state index contributed by atoms with van der Waals surface area (Å²) in [7, 11) is -3.41. The number of nitrogen functional groups attached to an aromatic ring is 1. The number of benzene rings is 2. The number of nitrogens with zero attached hydrogens (tertiary/aromatic N) is 3. The van der Waals surface area contributed by atoms with Crippen molar-refractivity contribution in [2.45, 2.75) is 68.8 Å². The lowest BCUT2D eigenvalue weighted by Gasteiger charge is -2.30. The second-order valence-corrected chi connectivity index (χ2v) is 13.4. The van der Waals surface area contributed by atoms with E-state index in [-0.39, 0.29) is 35.1 Å². The zero-order valence-corrected chi connectivity index (χ0v) is 27.0. The van der Waals surface area contributed by atoms with Crippen molar-refractivity contribution in [1.82, 2.24) is 20.1 Å². The zero-order chi connectivity index (χ0) is 35.0. The smallest absolute Gasteiger partial charge is 0.406 e. The number of hydrogen-bond donors (Lipinski definition) is 3. The molecule has 0 saturated heterocycles. The number of nitrogens with two attached hydrogens (primary N) is 1. The molecule has 2 heterocycles. The first-order valence-electron chi connectivity index (χ1n) is 15.1. The topological polar surface area (TPSA) is 133 Å². The number of anilines is 2. The highest BCUT2D eigenvalue weighted by Crippen LogP contribution is 2.42. The van der Waals surface area contributed by atoms with E-state index in [0.717, 1.165) is 37.8 Å². The first kappa shape index (κ1) is 35.2. The summed E-state index contributed by atoms with van der Waals surface area (Å²) in [4.78, 5) is 3.10. The fourth-order valence-electron chi connectivity index (χ4n) is 5.95. The molecular formula is C31H34F6N6O4S. The fraction of sp³-hybridized carbons (Fsp3) is 0.419. The van der Waals surface area contributed by atoms with Crippen molar-refractivity contribution in [3.8, 4) is 17.0 Å². The fourth-order valence-corrected chi connectivity index (χ4v) is 7.10. The van der Waals surface area contributed by atoms with E-state index >= 15 is 8.78 Å². The van der Waals surface area contributed by atoms with Gasteiger partial charge < -0.3 is 20.5 Å². The minimum absolute atomic E-state index is 0.0191. The van der Waals surface area contributed by atoms with Crippen LogP contribution in [0.5, 0.6) is 5.75 Å². The average molecular weight is 701 g/mol. The van der Waals surface area contributed by atoms with E-state index in [2.05, 4.69) is 20.1 Å². The van der Waals surface area contributed by atoms with Gasteiger partial charge in [-0.25, -0.2) is 26.6 Å². The molecule has 0 radical (unpaired) electrons. The highest BCUT2D eigenvalue weighted by molar-refractivity contribution is 7.92. The summed E-state index contributed by atoms with van der Waals surface area (Å²) >= 11 is 0. The molecular weight excluding hydrogens is 666 g/mol. The van der Waals surface area contributed by atoms with Crippen molar-refractivity contribution in [2.75, 3.05) is 30.7 Å². The molecule has 1 fully saturated rings. The van der Waals surface area contributed by atoms with Crippen LogP contribution in [0.1, 0.15) is 57.1 Å². The van der Waals surface area contributed by atoms with E-state index in [1.54, 1.807) is 22.7 Å². The molecule has 5 rings (SSSR count). The Balaban J connectivity index is 1.50. The molecule has 10 nitrogen and oxygen atoms in total. The Bertz CT molecular complexity index is 1910. The number of sulfonamides is 1. The number of nitrogens with one attached hydrogen (secondary N) is 2. The third-order valence-electron chi connectivity index (χ3n) is 8.16. The molecule has 4 N–H and O–H groups in total. The lowest BCUT2D eigenvalue weighted by atomic mass is 9.81. The molecule has 17 heteroatoms. The minimum atomic E-state index is -5.19. The first-order chi connectivity index (χ1) is 22.6. The van der Waals surface area contributed by atoms with Gasteiger partial charge in [-0.15, -0.1) is 13.2 Å². The molecule has 1 saturated carbocycles. The standard InChI is InChI=1S/C31H34F6N6O4S/c1-16(2)43-29-21(17-4-6-18(7-5-17)39-10-11-46-3)15-40-30(38)27(29)28(41-43)20-13-24(34)25(14-23(20)33)42-48(44,45)26-12-19(8-9-22(26)32)47-31(35,36)37/h8-9,12-18,39,42H,4-7,10-11H2,1-3H3,(H2,38,40)/t17-,18-. The number of pyridine rings is 1. The molecule has 1 aliphatic carbocycles. The highest BCUT2D eigenvalue weighted by atomic mass is 32.2. The van der Waals surface area contributed by atoms with Crippen LogP contribution >= 0.6 is 0 Å². The molecule has 2 aromatic heterocycles. The van der Waals surface area contributed by atoms with Crippen LogP contribution in [-0.4, -0.2) is 55.8 Å². The van der Waals surface area contributed by atoms with Crippen molar-refractivity contribution in [3.05, 3.63) is 59.5 Å². The Morgan fingerprint density at radius 2 is 1.75 bits per heavy atom. The van der Waals surface area contributed by atoms with Crippen LogP contribution in [0.15, 0.2) is 41.4 Å². The van der Waals surface area contributed by atoms with Crippen LogP contribution in [0.25, 0.3) is 22.2 Å². The van der Waals surface area contributed by atoms with Crippen LogP contribution in [0.2, 0.25) is 0 Å². The monoisotopic (exact) mass is 700 g/mol. The number of aromatic nitrogens is 3. The summed E-state index contributed by atoms with van der Waals surface area (Å²) in [5, 5.41) is 8.40. The normalized spacial score (nSPS) is 17.3. The predicted octanol–water partition coefficient (Wildman–Crippen LogP) is 6.64. The zero-order valence-electron chi connectivity index (χ0n) is 26.2. The van der Waals surface area contributed by atoms with Crippen LogP contribution in [-0.2, 0) is 14.8 Å². The number of ether oxygens (including phenoxy) is 2. The molecule has 0 atom stereocenters. The molecule has 2 aromatic carbocycles. The van der Waals surface area contributed by atoms with Gasteiger partial charge in [-0.2, -0.15) is 5.10 Å². The molecule has 4 aromatic rings. The molecule has 0 amide bonds. The van der Waals surface area contributed by atoms with Crippen molar-refractivity contribution in [3.63, 3.8) is 0 Å². The van der Waals surface area contributed by atoms with Gasteiger partial charge >= 0.3 is 6.36 Å². The van der Waals surface area contributed by atoms with Crippen molar-refractivity contribution < 1.29 is 44.2 Å². The van der Waals surface area contributed by atoms with Crippen LogP contribution < -0.4 is 20.5 Å². The molecule has 48 heavy (non-hydrogen) atoms. The molecule has 1 aliphatic rings. The van der Waals surface area contributed by atoms with Gasteiger partial charge in [-0.1, -0.05) is 0 Å². The average Bonchev–Trinajstić information content (AvgIpc) is 3.41. The maximum Gasteiger partial charge on any atom is 0.573 e. The molecule has 260 valence electrons. The number of rotatable bonds is 11. The summed E-state index contributed by atoms with van der Waals surface area (Å²) in [6.07, 6.45) is -0.00652. The van der Waals surface area contributed by atoms with Crippen LogP contribution in [0.4, 0.5) is 37.8 Å². The van der Waals surface area contributed by atoms with Crippen LogP contribution in [0, 0.1) is 17.5 Å². The van der Waals surface area contributed by atoms with Gasteiger partial charge in [0.05, 0.1) is 23.2 Å². The van der Waals surface area contributed by atoms with Crippen LogP contribution in [0.3, 0.4) is 0 Å². The summed E-state index contributed by atoms with van der Waals surface area (Å²) in [6.45, 7) is 5.09. The molecule has 0 bridgehead atoms. The first-order valence-corrected chi connectivity index (χ1v) is 16.5. The van der Waals surface area contributed by atoms with E-state index in [0.29, 0.717) is 47.8 Å². The van der Waals surface area contributed by atoms with E-state index in [1.165, 1.54) is 0 Å². The minimum Gasteiger partial charge on any atom is -0.406 e. The predicted molar refractivity (Wildman–Crippen MR) is 166 cm³/mol. The maximum atomic E-state index is 15.8. The number of methoxy groups -OCH3 is 1. The van der Waals surface area contributed by atoms with Crippen molar-refractivity contribution >= 4 is 32.4 Å².